The van der Waals surface area contributed by atoms with Crippen LogP contribution in [-0.4, -0.2) is 53.4 Å². The molecule has 0 atom stereocenters. The van der Waals surface area contributed by atoms with Gasteiger partial charge in [-0.15, -0.1) is 0 Å². The first kappa shape index (κ1) is 11.5. The summed E-state index contributed by atoms with van der Waals surface area (Å²) in [5.41, 5.74) is 1.36. The van der Waals surface area contributed by atoms with Crippen molar-refractivity contribution in [1.82, 2.24) is 9.88 Å². The molecule has 0 aliphatic carbocycles. The van der Waals surface area contributed by atoms with Gasteiger partial charge in [-0.2, -0.15) is 0 Å². The SMILES string of the molecule is OB(O)c1ccc(CN2CCOCC2)nc1. The van der Waals surface area contributed by atoms with E-state index < -0.39 is 7.12 Å². The molecule has 2 heterocycles. The Labute approximate surface area is 94.8 Å². The molecule has 6 heteroatoms. The zero-order chi connectivity index (χ0) is 11.4. The number of rotatable bonds is 3. The molecule has 0 aromatic carbocycles. The molecular weight excluding hydrogens is 207 g/mol. The van der Waals surface area contributed by atoms with Gasteiger partial charge >= 0.3 is 7.12 Å². The third-order valence-electron chi connectivity index (χ3n) is 2.64. The Kier molecular flexibility index (Phi) is 3.90. The van der Waals surface area contributed by atoms with Crippen LogP contribution in [0.25, 0.3) is 0 Å². The first-order valence-electron chi connectivity index (χ1n) is 5.37. The van der Waals surface area contributed by atoms with Crippen LogP contribution in [0.5, 0.6) is 0 Å². The highest BCUT2D eigenvalue weighted by Gasteiger charge is 2.13. The zero-order valence-electron chi connectivity index (χ0n) is 9.04. The molecule has 0 bridgehead atoms. The summed E-state index contributed by atoms with van der Waals surface area (Å²) in [7, 11) is -1.44. The van der Waals surface area contributed by atoms with E-state index in [0.29, 0.717) is 5.46 Å². The Balaban J connectivity index is 1.93. The van der Waals surface area contributed by atoms with Crippen molar-refractivity contribution in [2.45, 2.75) is 6.54 Å². The predicted octanol–water partition coefficient (Wildman–Crippen LogP) is -1.41. The van der Waals surface area contributed by atoms with Crippen molar-refractivity contribution in [2.24, 2.45) is 0 Å². The molecule has 1 saturated heterocycles. The van der Waals surface area contributed by atoms with Crippen molar-refractivity contribution in [3.05, 3.63) is 24.0 Å². The van der Waals surface area contributed by atoms with Gasteiger partial charge in [0.2, 0.25) is 0 Å². The molecule has 5 nitrogen and oxygen atoms in total. The topological polar surface area (TPSA) is 65.8 Å². The van der Waals surface area contributed by atoms with E-state index >= 15 is 0 Å². The highest BCUT2D eigenvalue weighted by atomic mass is 16.5. The lowest BCUT2D eigenvalue weighted by atomic mass is 9.82. The minimum atomic E-state index is -1.44. The lowest BCUT2D eigenvalue weighted by Crippen LogP contribution is -2.36. The number of aromatic nitrogens is 1. The van der Waals surface area contributed by atoms with E-state index in [-0.39, 0.29) is 0 Å². The Hall–Kier alpha value is -0.945. The van der Waals surface area contributed by atoms with Gasteiger partial charge < -0.3 is 14.8 Å². The number of ether oxygens (including phenoxy) is 1. The molecule has 0 amide bonds. The van der Waals surface area contributed by atoms with E-state index in [1.165, 1.54) is 6.20 Å². The number of nitrogens with zero attached hydrogens (tertiary/aromatic N) is 2. The summed E-state index contributed by atoms with van der Waals surface area (Å²) in [4.78, 5) is 6.46. The molecule has 1 aliphatic rings. The fourth-order valence-electron chi connectivity index (χ4n) is 1.67. The van der Waals surface area contributed by atoms with Crippen molar-refractivity contribution in [2.75, 3.05) is 26.3 Å². The van der Waals surface area contributed by atoms with Crippen LogP contribution in [0, 0.1) is 0 Å². The van der Waals surface area contributed by atoms with E-state index in [1.807, 2.05) is 6.07 Å². The van der Waals surface area contributed by atoms with Gasteiger partial charge in [-0.05, 0) is 6.07 Å². The van der Waals surface area contributed by atoms with Crippen molar-refractivity contribution in [3.8, 4) is 0 Å². The summed E-state index contributed by atoms with van der Waals surface area (Å²) in [5, 5.41) is 17.8. The summed E-state index contributed by atoms with van der Waals surface area (Å²) < 4.78 is 5.26. The second-order valence-corrected chi connectivity index (χ2v) is 3.85. The average Bonchev–Trinajstić information content (AvgIpc) is 2.31. The summed E-state index contributed by atoms with van der Waals surface area (Å²) in [6, 6.07) is 3.51. The highest BCUT2D eigenvalue weighted by molar-refractivity contribution is 6.58. The Morgan fingerprint density at radius 1 is 1.31 bits per heavy atom. The largest absolute Gasteiger partial charge is 0.490 e. The molecular formula is C10H15BN2O3. The fourth-order valence-corrected chi connectivity index (χ4v) is 1.67. The quantitative estimate of drug-likeness (QED) is 0.615. The molecule has 0 spiro atoms. The molecule has 86 valence electrons. The molecule has 0 unspecified atom stereocenters. The van der Waals surface area contributed by atoms with Crippen molar-refractivity contribution < 1.29 is 14.8 Å². The summed E-state index contributed by atoms with van der Waals surface area (Å²) in [5.74, 6) is 0. The van der Waals surface area contributed by atoms with E-state index in [1.54, 1.807) is 6.07 Å². The van der Waals surface area contributed by atoms with Crippen LogP contribution in [0.1, 0.15) is 5.69 Å². The first-order chi connectivity index (χ1) is 7.75. The molecule has 0 radical (unpaired) electrons. The standard InChI is InChI=1S/C10H15BN2O3/c14-11(15)9-1-2-10(12-7-9)8-13-3-5-16-6-4-13/h1-2,7,14-15H,3-6,8H2. The molecule has 16 heavy (non-hydrogen) atoms. The highest BCUT2D eigenvalue weighted by Crippen LogP contribution is 2.03. The molecule has 0 saturated carbocycles. The molecule has 2 N–H and O–H groups in total. The third kappa shape index (κ3) is 3.02. The average molecular weight is 222 g/mol. The molecule has 1 aliphatic heterocycles. The Morgan fingerprint density at radius 3 is 2.62 bits per heavy atom. The van der Waals surface area contributed by atoms with Crippen molar-refractivity contribution in [3.63, 3.8) is 0 Å². The normalized spacial score (nSPS) is 17.4. The molecule has 1 aromatic rings. The van der Waals surface area contributed by atoms with Gasteiger partial charge in [0.25, 0.3) is 0 Å². The minimum absolute atomic E-state index is 0.422. The summed E-state index contributed by atoms with van der Waals surface area (Å²) >= 11 is 0. The van der Waals surface area contributed by atoms with E-state index in [9.17, 15) is 0 Å². The maximum atomic E-state index is 8.92. The predicted molar refractivity (Wildman–Crippen MR) is 60.2 cm³/mol. The Bertz CT molecular complexity index is 325. The van der Waals surface area contributed by atoms with E-state index in [0.717, 1.165) is 38.5 Å². The Morgan fingerprint density at radius 2 is 2.06 bits per heavy atom. The van der Waals surface area contributed by atoms with Crippen LogP contribution in [0.3, 0.4) is 0 Å². The first-order valence-corrected chi connectivity index (χ1v) is 5.37. The number of hydrogen-bond donors (Lipinski definition) is 2. The molecule has 1 aromatic heterocycles. The van der Waals surface area contributed by atoms with Gasteiger partial charge in [0.1, 0.15) is 0 Å². The van der Waals surface area contributed by atoms with Crippen LogP contribution in [-0.2, 0) is 11.3 Å². The fraction of sp³-hybridized carbons (Fsp3) is 0.500. The van der Waals surface area contributed by atoms with Crippen LogP contribution in [0.4, 0.5) is 0 Å². The lowest BCUT2D eigenvalue weighted by molar-refractivity contribution is 0.0336. The lowest BCUT2D eigenvalue weighted by Gasteiger charge is -2.26. The number of pyridine rings is 1. The van der Waals surface area contributed by atoms with Crippen molar-refractivity contribution in [1.29, 1.82) is 0 Å². The second-order valence-electron chi connectivity index (χ2n) is 3.85. The van der Waals surface area contributed by atoms with Crippen LogP contribution < -0.4 is 5.46 Å². The van der Waals surface area contributed by atoms with Gasteiger partial charge in [0.15, 0.2) is 0 Å². The van der Waals surface area contributed by atoms with Crippen LogP contribution in [0.2, 0.25) is 0 Å². The van der Waals surface area contributed by atoms with E-state index in [4.69, 9.17) is 14.8 Å². The maximum absolute atomic E-state index is 8.92. The van der Waals surface area contributed by atoms with Crippen LogP contribution in [0.15, 0.2) is 18.3 Å². The second kappa shape index (κ2) is 5.40. The maximum Gasteiger partial charge on any atom is 0.490 e. The smallest absolute Gasteiger partial charge is 0.423 e. The van der Waals surface area contributed by atoms with Crippen molar-refractivity contribution >= 4 is 12.6 Å². The molecule has 2 rings (SSSR count). The molecule has 1 fully saturated rings. The minimum Gasteiger partial charge on any atom is -0.423 e. The van der Waals surface area contributed by atoms with Crippen LogP contribution >= 0.6 is 0 Å². The van der Waals surface area contributed by atoms with Gasteiger partial charge in [-0.3, -0.25) is 9.88 Å². The zero-order valence-corrected chi connectivity index (χ0v) is 9.04. The number of hydrogen-bond acceptors (Lipinski definition) is 5. The van der Waals surface area contributed by atoms with Gasteiger partial charge in [0, 0.05) is 31.3 Å². The monoisotopic (exact) mass is 222 g/mol. The van der Waals surface area contributed by atoms with Gasteiger partial charge in [-0.1, -0.05) is 6.07 Å². The number of morpholine rings is 1. The van der Waals surface area contributed by atoms with E-state index in [2.05, 4.69) is 9.88 Å². The summed E-state index contributed by atoms with van der Waals surface area (Å²) in [6.07, 6.45) is 1.50. The summed E-state index contributed by atoms with van der Waals surface area (Å²) in [6.45, 7) is 4.17. The van der Waals surface area contributed by atoms with Gasteiger partial charge in [0.05, 0.1) is 18.9 Å². The van der Waals surface area contributed by atoms with Gasteiger partial charge in [-0.25, -0.2) is 0 Å². The third-order valence-corrected chi connectivity index (χ3v) is 2.64.